The van der Waals surface area contributed by atoms with Crippen LogP contribution in [0.1, 0.15) is 27.5 Å². The molecule has 20 heavy (non-hydrogen) atoms. The summed E-state index contributed by atoms with van der Waals surface area (Å²) in [4.78, 5) is 12.7. The Morgan fingerprint density at radius 2 is 1.70 bits per heavy atom. The Morgan fingerprint density at radius 3 is 2.50 bits per heavy atom. The predicted octanol–water partition coefficient (Wildman–Crippen LogP) is 2.79. The molecule has 2 aliphatic rings. The highest BCUT2D eigenvalue weighted by atomic mass is 16.1. The van der Waals surface area contributed by atoms with Gasteiger partial charge in [-0.1, -0.05) is 54.6 Å². The molecule has 0 amide bonds. The number of hydrogen-bond acceptors (Lipinski definition) is 3. The van der Waals surface area contributed by atoms with Crippen LogP contribution in [-0.4, -0.2) is 17.8 Å². The van der Waals surface area contributed by atoms with E-state index in [9.17, 15) is 4.79 Å². The molecule has 1 unspecified atom stereocenters. The Bertz CT molecular complexity index is 734. The van der Waals surface area contributed by atoms with Gasteiger partial charge in [-0.25, -0.2) is 5.01 Å². The molecule has 0 bridgehead atoms. The van der Waals surface area contributed by atoms with Gasteiger partial charge >= 0.3 is 0 Å². The van der Waals surface area contributed by atoms with Gasteiger partial charge in [-0.2, -0.15) is 0 Å². The number of nitrogens with zero attached hydrogens (tertiary/aromatic N) is 1. The van der Waals surface area contributed by atoms with Crippen molar-refractivity contribution in [1.82, 2.24) is 10.4 Å². The van der Waals surface area contributed by atoms with Crippen LogP contribution in [0.2, 0.25) is 0 Å². The molecule has 2 aromatic carbocycles. The first kappa shape index (κ1) is 11.4. The topological polar surface area (TPSA) is 32.3 Å². The van der Waals surface area contributed by atoms with E-state index >= 15 is 0 Å². The number of benzene rings is 2. The van der Waals surface area contributed by atoms with Crippen LogP contribution in [0.4, 0.5) is 0 Å². The summed E-state index contributed by atoms with van der Waals surface area (Å²) in [6.45, 7) is 0. The van der Waals surface area contributed by atoms with Gasteiger partial charge in [0.1, 0.15) is 0 Å². The number of nitrogens with one attached hydrogen (secondary N) is 1. The maximum atomic E-state index is 12.7. The van der Waals surface area contributed by atoms with Crippen LogP contribution < -0.4 is 5.43 Å². The first-order valence-corrected chi connectivity index (χ1v) is 6.70. The van der Waals surface area contributed by atoms with Gasteiger partial charge in [0.05, 0.1) is 11.7 Å². The summed E-state index contributed by atoms with van der Waals surface area (Å²) in [5, 5.41) is 2.02. The summed E-state index contributed by atoms with van der Waals surface area (Å²) in [6.07, 6.45) is 0. The van der Waals surface area contributed by atoms with Gasteiger partial charge in [0.2, 0.25) is 0 Å². The highest BCUT2D eigenvalue weighted by Gasteiger charge is 2.43. The van der Waals surface area contributed by atoms with Crippen molar-refractivity contribution in [2.45, 2.75) is 6.04 Å². The highest BCUT2D eigenvalue weighted by Crippen LogP contribution is 2.45. The third-order valence-corrected chi connectivity index (χ3v) is 4.03. The minimum Gasteiger partial charge on any atom is -0.317 e. The molecule has 0 radical (unpaired) electrons. The van der Waals surface area contributed by atoms with Crippen molar-refractivity contribution in [2.75, 3.05) is 7.05 Å². The molecular weight excluding hydrogens is 248 g/mol. The molecule has 1 heterocycles. The molecule has 0 spiro atoms. The molecule has 2 aromatic rings. The van der Waals surface area contributed by atoms with Gasteiger partial charge in [0.25, 0.3) is 0 Å². The summed E-state index contributed by atoms with van der Waals surface area (Å²) in [6, 6.07) is 17.9. The maximum absolute atomic E-state index is 12.7. The predicted molar refractivity (Wildman–Crippen MR) is 77.8 cm³/mol. The summed E-state index contributed by atoms with van der Waals surface area (Å²) in [7, 11) is 1.98. The number of likely N-dealkylation sites (N-methyl/N-ethyl adjacent to an activating group) is 1. The number of carbonyl (C=O) groups excluding carboxylic acids is 1. The van der Waals surface area contributed by atoms with E-state index in [1.165, 1.54) is 0 Å². The Labute approximate surface area is 117 Å². The zero-order valence-corrected chi connectivity index (χ0v) is 11.1. The lowest BCUT2D eigenvalue weighted by molar-refractivity contribution is 0.103. The van der Waals surface area contributed by atoms with E-state index in [0.29, 0.717) is 0 Å². The number of ketones is 1. The summed E-state index contributed by atoms with van der Waals surface area (Å²) in [5.41, 5.74) is 8.10. The molecule has 0 saturated heterocycles. The molecule has 0 aromatic heterocycles. The fraction of sp³-hybridized carbons (Fsp3) is 0.118. The first-order chi connectivity index (χ1) is 9.77. The van der Waals surface area contributed by atoms with E-state index in [4.69, 9.17) is 0 Å². The van der Waals surface area contributed by atoms with E-state index in [1.807, 2.05) is 66.7 Å². The molecule has 1 aliphatic carbocycles. The lowest BCUT2D eigenvalue weighted by atomic mass is 10.0. The quantitative estimate of drug-likeness (QED) is 0.857. The van der Waals surface area contributed by atoms with Gasteiger partial charge in [0.15, 0.2) is 5.78 Å². The molecule has 0 fully saturated rings. The average Bonchev–Trinajstić information content (AvgIpc) is 2.98. The number of hydrazine groups is 1. The molecule has 1 aliphatic heterocycles. The Morgan fingerprint density at radius 1 is 1.00 bits per heavy atom. The van der Waals surface area contributed by atoms with Crippen LogP contribution in [0.3, 0.4) is 0 Å². The minimum absolute atomic E-state index is 0.0221. The molecule has 4 rings (SSSR count). The normalized spacial score (nSPS) is 20.9. The number of hydrogen-bond donors (Lipinski definition) is 1. The molecule has 3 heteroatoms. The van der Waals surface area contributed by atoms with Crippen molar-refractivity contribution in [1.29, 1.82) is 0 Å². The van der Waals surface area contributed by atoms with Crippen molar-refractivity contribution < 1.29 is 4.79 Å². The lowest BCUT2D eigenvalue weighted by Crippen LogP contribution is -2.29. The molecule has 0 saturated carbocycles. The third-order valence-electron chi connectivity index (χ3n) is 4.03. The van der Waals surface area contributed by atoms with Crippen LogP contribution in [-0.2, 0) is 0 Å². The molecule has 98 valence electrons. The first-order valence-electron chi connectivity index (χ1n) is 6.70. The van der Waals surface area contributed by atoms with Crippen molar-refractivity contribution in [3.05, 3.63) is 76.9 Å². The molecule has 1 atom stereocenters. The van der Waals surface area contributed by atoms with Gasteiger partial charge in [-0.05, 0) is 11.1 Å². The minimum atomic E-state index is 0.0221. The van der Waals surface area contributed by atoms with Crippen LogP contribution in [0, 0.1) is 0 Å². The number of fused-ring (bicyclic) bond motifs is 3. The molecule has 3 nitrogen and oxygen atoms in total. The smallest absolute Gasteiger partial charge is 0.193 e. The van der Waals surface area contributed by atoms with Crippen molar-refractivity contribution >= 4 is 11.5 Å². The highest BCUT2D eigenvalue weighted by molar-refractivity contribution is 6.18. The second kappa shape index (κ2) is 4.05. The van der Waals surface area contributed by atoms with Gasteiger partial charge < -0.3 is 5.43 Å². The maximum Gasteiger partial charge on any atom is 0.193 e. The summed E-state index contributed by atoms with van der Waals surface area (Å²) < 4.78 is 0. The SMILES string of the molecule is CN1NC(c2ccccc2)=C2C(=O)c3ccccc3C21. The average molecular weight is 262 g/mol. The number of Topliss-reactive ketones (excluding diaryl/α,β-unsaturated/α-hetero) is 1. The Hall–Kier alpha value is -2.39. The van der Waals surface area contributed by atoms with E-state index < -0.39 is 0 Å². The summed E-state index contributed by atoms with van der Waals surface area (Å²) in [5.74, 6) is 0.140. The van der Waals surface area contributed by atoms with Crippen LogP contribution in [0.25, 0.3) is 5.70 Å². The van der Waals surface area contributed by atoms with Gasteiger partial charge in [-0.15, -0.1) is 0 Å². The van der Waals surface area contributed by atoms with Crippen LogP contribution in [0.5, 0.6) is 0 Å². The van der Waals surface area contributed by atoms with Crippen LogP contribution >= 0.6 is 0 Å². The van der Waals surface area contributed by atoms with E-state index in [2.05, 4.69) is 5.43 Å². The fourth-order valence-electron chi connectivity index (χ4n) is 3.15. The van der Waals surface area contributed by atoms with E-state index in [1.54, 1.807) is 0 Å². The van der Waals surface area contributed by atoms with Crippen molar-refractivity contribution in [2.24, 2.45) is 0 Å². The number of carbonyl (C=O) groups is 1. The second-order valence-electron chi connectivity index (χ2n) is 5.20. The molecule has 1 N–H and O–H groups in total. The number of rotatable bonds is 1. The monoisotopic (exact) mass is 262 g/mol. The Balaban J connectivity index is 1.94. The van der Waals surface area contributed by atoms with Crippen molar-refractivity contribution in [3.63, 3.8) is 0 Å². The molecular formula is C17H14N2O. The Kier molecular flexibility index (Phi) is 2.32. The van der Waals surface area contributed by atoms with Crippen molar-refractivity contribution in [3.8, 4) is 0 Å². The van der Waals surface area contributed by atoms with E-state index in [0.717, 1.165) is 28.0 Å². The van der Waals surface area contributed by atoms with Gasteiger partial charge in [-0.3, -0.25) is 4.79 Å². The largest absolute Gasteiger partial charge is 0.317 e. The van der Waals surface area contributed by atoms with Gasteiger partial charge in [0, 0.05) is 18.2 Å². The van der Waals surface area contributed by atoms with E-state index in [-0.39, 0.29) is 11.8 Å². The lowest BCUT2D eigenvalue weighted by Gasteiger charge is -2.19. The zero-order valence-electron chi connectivity index (χ0n) is 11.1. The fourth-order valence-corrected chi connectivity index (χ4v) is 3.15. The standard InChI is InChI=1S/C17H14N2O/c1-19-16-12-9-5-6-10-13(12)17(20)14(16)15(18-19)11-7-3-2-4-8-11/h2-10,16,18H,1H3. The third kappa shape index (κ3) is 1.41. The van der Waals surface area contributed by atoms with Crippen LogP contribution in [0.15, 0.2) is 60.2 Å². The zero-order chi connectivity index (χ0) is 13.7. The summed E-state index contributed by atoms with van der Waals surface area (Å²) >= 11 is 0. The second-order valence-corrected chi connectivity index (χ2v) is 5.20.